The third-order valence-electron chi connectivity index (χ3n) is 3.50. The highest BCUT2D eigenvalue weighted by atomic mass is 16.5. The molecule has 1 aromatic rings. The van der Waals surface area contributed by atoms with Crippen molar-refractivity contribution in [2.24, 2.45) is 5.92 Å². The van der Waals surface area contributed by atoms with Crippen molar-refractivity contribution >= 4 is 5.69 Å². The number of benzene rings is 1. The zero-order chi connectivity index (χ0) is 12.1. The van der Waals surface area contributed by atoms with Crippen molar-refractivity contribution in [2.75, 3.05) is 19.0 Å². The molecule has 1 saturated carbocycles. The molecule has 0 heterocycles. The molecule has 0 bridgehead atoms. The Balaban J connectivity index is 1.77. The van der Waals surface area contributed by atoms with Crippen molar-refractivity contribution in [1.29, 1.82) is 0 Å². The molecule has 0 unspecified atom stereocenters. The molecule has 3 nitrogen and oxygen atoms in total. The molecule has 0 saturated heterocycles. The van der Waals surface area contributed by atoms with Crippen LogP contribution in [0.3, 0.4) is 0 Å². The van der Waals surface area contributed by atoms with Gasteiger partial charge in [-0.25, -0.2) is 0 Å². The van der Waals surface area contributed by atoms with Gasteiger partial charge in [0.05, 0.1) is 13.2 Å². The lowest BCUT2D eigenvalue weighted by atomic mass is 9.87. The summed E-state index contributed by atoms with van der Waals surface area (Å²) in [5.41, 5.74) is 1.14. The summed E-state index contributed by atoms with van der Waals surface area (Å²) in [6.45, 7) is 0.999. The van der Waals surface area contributed by atoms with E-state index in [0.717, 1.165) is 43.7 Å². The van der Waals surface area contributed by atoms with Crippen LogP contribution in [0.2, 0.25) is 0 Å². The molecule has 1 fully saturated rings. The fourth-order valence-electron chi connectivity index (χ4n) is 2.32. The van der Waals surface area contributed by atoms with E-state index in [9.17, 15) is 5.11 Å². The van der Waals surface area contributed by atoms with Gasteiger partial charge in [-0.2, -0.15) is 0 Å². The van der Waals surface area contributed by atoms with E-state index in [0.29, 0.717) is 5.92 Å². The molecule has 0 amide bonds. The zero-order valence-corrected chi connectivity index (χ0v) is 10.4. The molecule has 0 aromatic heterocycles. The lowest BCUT2D eigenvalue weighted by Gasteiger charge is -2.25. The van der Waals surface area contributed by atoms with Gasteiger partial charge < -0.3 is 15.2 Å². The van der Waals surface area contributed by atoms with Gasteiger partial charge in [0, 0.05) is 12.2 Å². The van der Waals surface area contributed by atoms with E-state index in [1.54, 1.807) is 7.11 Å². The summed E-state index contributed by atoms with van der Waals surface area (Å²) in [7, 11) is 1.68. The molecule has 94 valence electrons. The molecule has 17 heavy (non-hydrogen) atoms. The van der Waals surface area contributed by atoms with Gasteiger partial charge in [0.2, 0.25) is 0 Å². The Kier molecular flexibility index (Phi) is 4.26. The van der Waals surface area contributed by atoms with Crippen LogP contribution in [0.1, 0.15) is 25.7 Å². The van der Waals surface area contributed by atoms with Crippen LogP contribution >= 0.6 is 0 Å². The summed E-state index contributed by atoms with van der Waals surface area (Å²) in [5.74, 6) is 1.58. The topological polar surface area (TPSA) is 41.5 Å². The predicted octanol–water partition coefficient (Wildman–Crippen LogP) is 2.66. The van der Waals surface area contributed by atoms with Crippen LogP contribution in [-0.4, -0.2) is 24.9 Å². The minimum Gasteiger partial charge on any atom is -0.497 e. The van der Waals surface area contributed by atoms with E-state index in [1.165, 1.54) is 0 Å². The van der Waals surface area contributed by atoms with Crippen LogP contribution in [0.5, 0.6) is 5.75 Å². The molecule has 0 atom stereocenters. The quantitative estimate of drug-likeness (QED) is 0.843. The molecular weight excluding hydrogens is 214 g/mol. The summed E-state index contributed by atoms with van der Waals surface area (Å²) >= 11 is 0. The molecule has 0 spiro atoms. The average Bonchev–Trinajstić information content (AvgIpc) is 2.39. The Morgan fingerprint density at radius 1 is 1.18 bits per heavy atom. The first-order valence-electron chi connectivity index (χ1n) is 6.34. The molecule has 0 radical (unpaired) electrons. The monoisotopic (exact) mass is 235 g/mol. The predicted molar refractivity (Wildman–Crippen MR) is 69.4 cm³/mol. The summed E-state index contributed by atoms with van der Waals surface area (Å²) in [4.78, 5) is 0. The first kappa shape index (κ1) is 12.2. The van der Waals surface area contributed by atoms with Crippen LogP contribution in [-0.2, 0) is 0 Å². The number of aliphatic hydroxyl groups excluding tert-OH is 1. The maximum absolute atomic E-state index is 9.44. The molecule has 3 heteroatoms. The molecular formula is C14H21NO2. The highest BCUT2D eigenvalue weighted by Crippen LogP contribution is 2.24. The second kappa shape index (κ2) is 5.92. The van der Waals surface area contributed by atoms with Crippen molar-refractivity contribution < 1.29 is 9.84 Å². The van der Waals surface area contributed by atoms with Gasteiger partial charge in [-0.1, -0.05) is 0 Å². The highest BCUT2D eigenvalue weighted by molar-refractivity contribution is 5.46. The van der Waals surface area contributed by atoms with Crippen LogP contribution in [0.25, 0.3) is 0 Å². The Labute approximate surface area is 103 Å². The van der Waals surface area contributed by atoms with E-state index >= 15 is 0 Å². The minimum atomic E-state index is -0.0627. The maximum Gasteiger partial charge on any atom is 0.119 e. The van der Waals surface area contributed by atoms with Crippen molar-refractivity contribution in [3.63, 3.8) is 0 Å². The van der Waals surface area contributed by atoms with Gasteiger partial charge in [0.25, 0.3) is 0 Å². The molecule has 1 aliphatic carbocycles. The lowest BCUT2D eigenvalue weighted by molar-refractivity contribution is 0.111. The summed E-state index contributed by atoms with van der Waals surface area (Å²) < 4.78 is 5.12. The van der Waals surface area contributed by atoms with Crippen LogP contribution < -0.4 is 10.1 Å². The van der Waals surface area contributed by atoms with Crippen LogP contribution in [0, 0.1) is 5.92 Å². The van der Waals surface area contributed by atoms with E-state index in [4.69, 9.17) is 4.74 Å². The van der Waals surface area contributed by atoms with Crippen LogP contribution in [0.15, 0.2) is 24.3 Å². The summed E-state index contributed by atoms with van der Waals surface area (Å²) in [6.07, 6.45) is 4.10. The molecule has 2 rings (SSSR count). The van der Waals surface area contributed by atoms with Crippen molar-refractivity contribution in [3.8, 4) is 5.75 Å². The smallest absolute Gasteiger partial charge is 0.119 e. The van der Waals surface area contributed by atoms with Gasteiger partial charge in [-0.05, 0) is 55.9 Å². The Morgan fingerprint density at radius 3 is 2.41 bits per heavy atom. The number of anilines is 1. The first-order valence-corrected chi connectivity index (χ1v) is 6.34. The Morgan fingerprint density at radius 2 is 1.82 bits per heavy atom. The van der Waals surface area contributed by atoms with Gasteiger partial charge >= 0.3 is 0 Å². The van der Waals surface area contributed by atoms with E-state index in [2.05, 4.69) is 5.32 Å². The Hall–Kier alpha value is -1.22. The van der Waals surface area contributed by atoms with Gasteiger partial charge in [0.1, 0.15) is 5.75 Å². The maximum atomic E-state index is 9.44. The normalized spacial score (nSPS) is 24.4. The third-order valence-corrected chi connectivity index (χ3v) is 3.50. The lowest BCUT2D eigenvalue weighted by Crippen LogP contribution is -2.23. The minimum absolute atomic E-state index is 0.0627. The number of hydrogen-bond donors (Lipinski definition) is 2. The highest BCUT2D eigenvalue weighted by Gasteiger charge is 2.18. The number of ether oxygens (including phenoxy) is 1. The number of aliphatic hydroxyl groups is 1. The van der Waals surface area contributed by atoms with Gasteiger partial charge in [-0.15, -0.1) is 0 Å². The fraction of sp³-hybridized carbons (Fsp3) is 0.571. The molecule has 1 aromatic carbocycles. The van der Waals surface area contributed by atoms with Crippen molar-refractivity contribution in [1.82, 2.24) is 0 Å². The number of rotatable bonds is 4. The standard InChI is InChI=1S/C14H21NO2/c1-17-14-8-4-12(5-9-14)15-10-11-2-6-13(16)7-3-11/h4-5,8-9,11,13,15-16H,2-3,6-7,10H2,1H3. The summed E-state index contributed by atoms with van der Waals surface area (Å²) in [5, 5.41) is 12.9. The van der Waals surface area contributed by atoms with E-state index in [1.807, 2.05) is 24.3 Å². The second-order valence-electron chi connectivity index (χ2n) is 4.78. The third kappa shape index (κ3) is 3.63. The molecule has 0 aliphatic heterocycles. The van der Waals surface area contributed by atoms with E-state index in [-0.39, 0.29) is 6.10 Å². The molecule has 1 aliphatic rings. The fourth-order valence-corrected chi connectivity index (χ4v) is 2.32. The van der Waals surface area contributed by atoms with Gasteiger partial charge in [0.15, 0.2) is 0 Å². The molecule has 2 N–H and O–H groups in total. The largest absolute Gasteiger partial charge is 0.497 e. The number of nitrogens with one attached hydrogen (secondary N) is 1. The van der Waals surface area contributed by atoms with Crippen molar-refractivity contribution in [2.45, 2.75) is 31.8 Å². The summed E-state index contributed by atoms with van der Waals surface area (Å²) in [6, 6.07) is 8.01. The second-order valence-corrected chi connectivity index (χ2v) is 4.78. The van der Waals surface area contributed by atoms with E-state index < -0.39 is 0 Å². The van der Waals surface area contributed by atoms with Crippen molar-refractivity contribution in [3.05, 3.63) is 24.3 Å². The zero-order valence-electron chi connectivity index (χ0n) is 10.4. The SMILES string of the molecule is COc1ccc(NCC2CCC(O)CC2)cc1. The van der Waals surface area contributed by atoms with Gasteiger partial charge in [-0.3, -0.25) is 0 Å². The number of hydrogen-bond acceptors (Lipinski definition) is 3. The Bertz CT molecular complexity index is 329. The first-order chi connectivity index (χ1) is 8.28. The average molecular weight is 235 g/mol. The van der Waals surface area contributed by atoms with Crippen LogP contribution in [0.4, 0.5) is 5.69 Å². The number of methoxy groups -OCH3 is 1.